The zero-order valence-electron chi connectivity index (χ0n) is 7.53. The lowest BCUT2D eigenvalue weighted by Crippen LogP contribution is -2.30. The molecule has 1 nitrogen and oxygen atoms in total. The number of halogens is 1. The van der Waals surface area contributed by atoms with Gasteiger partial charge in [-0.25, -0.2) is 0 Å². The van der Waals surface area contributed by atoms with E-state index in [2.05, 4.69) is 6.92 Å². The van der Waals surface area contributed by atoms with E-state index in [0.717, 1.165) is 12.8 Å². The van der Waals surface area contributed by atoms with Gasteiger partial charge in [0.05, 0.1) is 10.6 Å². The molecule has 0 saturated carbocycles. The minimum absolute atomic E-state index is 0.143. The molecule has 0 spiro atoms. The summed E-state index contributed by atoms with van der Waals surface area (Å²) in [4.78, 5) is -0.143. The molecule has 0 N–H and O–H groups in total. The van der Waals surface area contributed by atoms with Crippen molar-refractivity contribution < 1.29 is 4.74 Å². The van der Waals surface area contributed by atoms with Crippen LogP contribution in [0.4, 0.5) is 0 Å². The van der Waals surface area contributed by atoms with Gasteiger partial charge in [0.2, 0.25) is 0 Å². The molecule has 1 unspecified atom stereocenters. The van der Waals surface area contributed by atoms with E-state index in [0.29, 0.717) is 6.61 Å². The molecule has 1 heterocycles. The number of allylic oxidation sites excluding steroid dienone is 2. The highest BCUT2D eigenvalue weighted by Gasteiger charge is 2.31. The third-order valence-corrected chi connectivity index (χ3v) is 2.90. The molecule has 0 fully saturated rings. The quantitative estimate of drug-likeness (QED) is 0.528. The second-order valence-corrected chi connectivity index (χ2v) is 5.03. The van der Waals surface area contributed by atoms with Gasteiger partial charge in [-0.05, 0) is 38.2 Å². The first-order chi connectivity index (χ1) is 5.67. The summed E-state index contributed by atoms with van der Waals surface area (Å²) in [6, 6.07) is 0. The lowest BCUT2D eigenvalue weighted by atomic mass is 9.88. The first kappa shape index (κ1) is 8.43. The van der Waals surface area contributed by atoms with Crippen LogP contribution in [0.5, 0.6) is 0 Å². The van der Waals surface area contributed by atoms with Gasteiger partial charge < -0.3 is 4.74 Å². The minimum Gasteiger partial charge on any atom is -0.496 e. The Labute approximate surface area is 78.7 Å². The molecule has 2 heteroatoms. The van der Waals surface area contributed by atoms with Gasteiger partial charge in [0, 0.05) is 6.42 Å². The molecule has 0 saturated heterocycles. The van der Waals surface area contributed by atoms with Crippen LogP contribution in [0.2, 0.25) is 0 Å². The summed E-state index contributed by atoms with van der Waals surface area (Å²) in [7, 11) is 0. The second-order valence-electron chi connectivity index (χ2n) is 4.11. The van der Waals surface area contributed by atoms with Crippen molar-refractivity contribution >= 4 is 11.6 Å². The van der Waals surface area contributed by atoms with Crippen LogP contribution in [0, 0.1) is 0 Å². The zero-order valence-corrected chi connectivity index (χ0v) is 8.28. The van der Waals surface area contributed by atoms with Crippen LogP contribution >= 0.6 is 11.6 Å². The summed E-state index contributed by atoms with van der Waals surface area (Å²) in [6.07, 6.45) is 5.98. The van der Waals surface area contributed by atoms with Crippen LogP contribution in [0.3, 0.4) is 0 Å². The monoisotopic (exact) mass is 186 g/mol. The Bertz CT molecular complexity index is 218. The summed E-state index contributed by atoms with van der Waals surface area (Å²) in [5, 5.41) is 0. The van der Waals surface area contributed by atoms with E-state index in [1.165, 1.54) is 30.6 Å². The van der Waals surface area contributed by atoms with E-state index in [-0.39, 0.29) is 4.87 Å². The molecule has 0 aromatic heterocycles. The molecule has 2 aliphatic rings. The number of alkyl halides is 1. The smallest absolute Gasteiger partial charge is 0.107 e. The topological polar surface area (TPSA) is 9.23 Å². The fraction of sp³-hybridized carbons (Fsp3) is 0.800. The van der Waals surface area contributed by atoms with Crippen molar-refractivity contribution in [2.75, 3.05) is 6.61 Å². The van der Waals surface area contributed by atoms with Crippen LogP contribution in [0.1, 0.15) is 39.0 Å². The molecule has 0 aromatic carbocycles. The average Bonchev–Trinajstić information content (AvgIpc) is 2.02. The highest BCUT2D eigenvalue weighted by molar-refractivity contribution is 6.24. The molecular formula is C10H15ClO. The summed E-state index contributed by atoms with van der Waals surface area (Å²) in [5.41, 5.74) is 1.48. The van der Waals surface area contributed by atoms with E-state index < -0.39 is 0 Å². The Kier molecular flexibility index (Phi) is 2.07. The Morgan fingerprint density at radius 3 is 2.92 bits per heavy atom. The maximum atomic E-state index is 6.23. The largest absolute Gasteiger partial charge is 0.496 e. The van der Waals surface area contributed by atoms with Crippen LogP contribution in [-0.2, 0) is 4.74 Å². The van der Waals surface area contributed by atoms with Gasteiger partial charge in [-0.3, -0.25) is 0 Å². The molecule has 1 atom stereocenters. The molecule has 2 rings (SSSR count). The fourth-order valence-corrected chi connectivity index (χ4v) is 2.25. The zero-order chi connectivity index (χ0) is 8.60. The normalized spacial score (nSPS) is 35.8. The summed E-state index contributed by atoms with van der Waals surface area (Å²) in [6.45, 7) is 2.75. The van der Waals surface area contributed by atoms with Crippen LogP contribution in [0.25, 0.3) is 0 Å². The van der Waals surface area contributed by atoms with Crippen molar-refractivity contribution in [3.05, 3.63) is 11.3 Å². The molecule has 12 heavy (non-hydrogen) atoms. The average molecular weight is 187 g/mol. The van der Waals surface area contributed by atoms with Crippen molar-refractivity contribution in [3.63, 3.8) is 0 Å². The molecule has 68 valence electrons. The van der Waals surface area contributed by atoms with Crippen molar-refractivity contribution in [2.45, 2.75) is 43.9 Å². The van der Waals surface area contributed by atoms with Crippen molar-refractivity contribution in [1.82, 2.24) is 0 Å². The van der Waals surface area contributed by atoms with Crippen LogP contribution < -0.4 is 0 Å². The van der Waals surface area contributed by atoms with E-state index in [9.17, 15) is 0 Å². The summed E-state index contributed by atoms with van der Waals surface area (Å²) < 4.78 is 5.64. The first-order valence-electron chi connectivity index (χ1n) is 4.70. The fourth-order valence-electron chi connectivity index (χ4n) is 2.03. The van der Waals surface area contributed by atoms with Gasteiger partial charge in [-0.1, -0.05) is 0 Å². The Hall–Kier alpha value is -0.170. The second kappa shape index (κ2) is 2.95. The summed E-state index contributed by atoms with van der Waals surface area (Å²) >= 11 is 6.23. The third-order valence-electron chi connectivity index (χ3n) is 2.66. The number of ether oxygens (including phenoxy) is 1. The van der Waals surface area contributed by atoms with Gasteiger partial charge in [0.1, 0.15) is 6.61 Å². The number of hydrogen-bond acceptors (Lipinski definition) is 1. The highest BCUT2D eigenvalue weighted by atomic mass is 35.5. The van der Waals surface area contributed by atoms with Gasteiger partial charge in [-0.15, -0.1) is 11.6 Å². The van der Waals surface area contributed by atoms with Crippen LogP contribution in [-0.4, -0.2) is 11.5 Å². The van der Waals surface area contributed by atoms with E-state index in [1.807, 2.05) is 0 Å². The predicted molar refractivity (Wildman–Crippen MR) is 50.3 cm³/mol. The Morgan fingerprint density at radius 1 is 1.33 bits per heavy atom. The summed E-state index contributed by atoms with van der Waals surface area (Å²) in [5.74, 6) is 1.25. The minimum atomic E-state index is -0.143. The van der Waals surface area contributed by atoms with Crippen molar-refractivity contribution in [3.8, 4) is 0 Å². The number of rotatable bonds is 0. The Balaban J connectivity index is 2.16. The molecular weight excluding hydrogens is 172 g/mol. The van der Waals surface area contributed by atoms with E-state index >= 15 is 0 Å². The molecule has 1 aliphatic heterocycles. The molecule has 0 bridgehead atoms. The molecule has 0 aromatic rings. The lowest BCUT2D eigenvalue weighted by molar-refractivity contribution is 0.142. The molecule has 1 aliphatic carbocycles. The first-order valence-corrected chi connectivity index (χ1v) is 5.08. The standard InChI is InChI=1S/C10H15ClO/c1-10(11)6-8-4-2-3-5-9(8)12-7-10/h2-7H2,1H3. The SMILES string of the molecule is CC1(Cl)COC2=C(CCCC2)C1. The van der Waals surface area contributed by atoms with Gasteiger partial charge in [0.15, 0.2) is 0 Å². The van der Waals surface area contributed by atoms with Gasteiger partial charge >= 0.3 is 0 Å². The Morgan fingerprint density at radius 2 is 2.08 bits per heavy atom. The lowest BCUT2D eigenvalue weighted by Gasteiger charge is -2.33. The van der Waals surface area contributed by atoms with E-state index in [1.54, 1.807) is 0 Å². The predicted octanol–water partition coefficient (Wildman–Crippen LogP) is 3.23. The maximum Gasteiger partial charge on any atom is 0.107 e. The highest BCUT2D eigenvalue weighted by Crippen LogP contribution is 2.38. The molecule has 0 radical (unpaired) electrons. The van der Waals surface area contributed by atoms with Gasteiger partial charge in [-0.2, -0.15) is 0 Å². The third kappa shape index (κ3) is 1.61. The van der Waals surface area contributed by atoms with E-state index in [4.69, 9.17) is 16.3 Å². The molecule has 0 amide bonds. The number of hydrogen-bond donors (Lipinski definition) is 0. The van der Waals surface area contributed by atoms with Crippen molar-refractivity contribution in [1.29, 1.82) is 0 Å². The maximum absolute atomic E-state index is 6.23. The van der Waals surface area contributed by atoms with Crippen LogP contribution in [0.15, 0.2) is 11.3 Å². The van der Waals surface area contributed by atoms with Gasteiger partial charge in [0.25, 0.3) is 0 Å². The van der Waals surface area contributed by atoms with Crippen molar-refractivity contribution in [2.24, 2.45) is 0 Å².